The van der Waals surface area contributed by atoms with E-state index in [1.807, 2.05) is 25.1 Å². The lowest BCUT2D eigenvalue weighted by molar-refractivity contribution is -0.140. The number of ketones is 1. The van der Waals surface area contributed by atoms with Gasteiger partial charge in [0.25, 0.3) is 11.7 Å². The number of aryl methyl sites for hydroxylation is 1. The molecule has 1 saturated heterocycles. The maximum absolute atomic E-state index is 13.2. The van der Waals surface area contributed by atoms with Gasteiger partial charge in [0.2, 0.25) is 0 Å². The first kappa shape index (κ1) is 27.4. The lowest BCUT2D eigenvalue weighted by Crippen LogP contribution is -2.38. The molecule has 6 nitrogen and oxygen atoms in total. The molecule has 7 heteroatoms. The number of hydrogen-bond donors (Lipinski definition) is 1. The molecule has 1 unspecified atom stereocenters. The first-order valence-electron chi connectivity index (χ1n) is 12.9. The van der Waals surface area contributed by atoms with E-state index < -0.39 is 17.7 Å². The van der Waals surface area contributed by atoms with Gasteiger partial charge >= 0.3 is 0 Å². The molecule has 1 aliphatic heterocycles. The molecule has 0 aromatic heterocycles. The molecule has 38 heavy (non-hydrogen) atoms. The molecule has 0 bridgehead atoms. The van der Waals surface area contributed by atoms with Crippen molar-refractivity contribution < 1.29 is 19.4 Å². The van der Waals surface area contributed by atoms with Gasteiger partial charge in [0.15, 0.2) is 0 Å². The van der Waals surface area contributed by atoms with Crippen LogP contribution in [0.4, 0.5) is 0 Å². The second-order valence-corrected chi connectivity index (χ2v) is 9.81. The molecule has 1 atom stereocenters. The number of benzene rings is 3. The highest BCUT2D eigenvalue weighted by molar-refractivity contribution is 6.46. The number of carbonyl (C=O) groups excluding carboxylic acids is 2. The fraction of sp³-hybridized carbons (Fsp3) is 0.290. The van der Waals surface area contributed by atoms with Gasteiger partial charge in [-0.25, -0.2) is 0 Å². The minimum atomic E-state index is -0.708. The van der Waals surface area contributed by atoms with E-state index in [9.17, 15) is 14.7 Å². The number of amides is 1. The summed E-state index contributed by atoms with van der Waals surface area (Å²) >= 11 is 6.11. The minimum Gasteiger partial charge on any atom is -0.507 e. The zero-order valence-electron chi connectivity index (χ0n) is 22.0. The molecule has 198 valence electrons. The number of halogens is 1. The van der Waals surface area contributed by atoms with Gasteiger partial charge in [0, 0.05) is 23.7 Å². The summed E-state index contributed by atoms with van der Waals surface area (Å²) in [5.74, 6) is -0.880. The van der Waals surface area contributed by atoms with E-state index in [0.717, 1.165) is 24.2 Å². The number of aliphatic hydroxyl groups excluding tert-OH is 1. The normalized spacial score (nSPS) is 16.9. The van der Waals surface area contributed by atoms with Crippen molar-refractivity contribution in [3.8, 4) is 5.75 Å². The first-order chi connectivity index (χ1) is 18.3. The Bertz CT molecular complexity index is 1310. The average Bonchev–Trinajstić information content (AvgIpc) is 3.18. The summed E-state index contributed by atoms with van der Waals surface area (Å²) in [6.45, 7) is 9.23. The van der Waals surface area contributed by atoms with Gasteiger partial charge in [0.05, 0.1) is 11.6 Å². The minimum absolute atomic E-state index is 0.0744. The summed E-state index contributed by atoms with van der Waals surface area (Å²) in [6, 6.07) is 21.3. The van der Waals surface area contributed by atoms with Crippen LogP contribution in [0.15, 0.2) is 78.4 Å². The van der Waals surface area contributed by atoms with Crippen molar-refractivity contribution >= 4 is 29.1 Å². The smallest absolute Gasteiger partial charge is 0.295 e. The molecule has 1 fully saturated rings. The van der Waals surface area contributed by atoms with E-state index in [1.165, 1.54) is 0 Å². The summed E-state index contributed by atoms with van der Waals surface area (Å²) < 4.78 is 5.90. The van der Waals surface area contributed by atoms with Crippen LogP contribution in [-0.4, -0.2) is 52.8 Å². The maximum atomic E-state index is 13.2. The molecular weight excluding hydrogens is 500 g/mol. The Balaban J connectivity index is 1.63. The van der Waals surface area contributed by atoms with Crippen LogP contribution in [0, 0.1) is 6.92 Å². The highest BCUT2D eigenvalue weighted by Crippen LogP contribution is 2.39. The predicted octanol–water partition coefficient (Wildman–Crippen LogP) is 5.99. The summed E-state index contributed by atoms with van der Waals surface area (Å²) in [5.41, 5.74) is 3.45. The second-order valence-electron chi connectivity index (χ2n) is 9.37. The van der Waals surface area contributed by atoms with Gasteiger partial charge in [-0.15, -0.1) is 0 Å². The number of hydrogen-bond acceptors (Lipinski definition) is 5. The Labute approximate surface area is 229 Å². The number of likely N-dealkylation sites (N-methyl/N-ethyl adjacent to an activating group) is 1. The summed E-state index contributed by atoms with van der Waals surface area (Å²) in [4.78, 5) is 30.1. The topological polar surface area (TPSA) is 70.1 Å². The van der Waals surface area contributed by atoms with E-state index in [-0.39, 0.29) is 11.3 Å². The number of carbonyl (C=O) groups is 2. The van der Waals surface area contributed by atoms with Crippen molar-refractivity contribution in [3.63, 3.8) is 0 Å². The first-order valence-corrected chi connectivity index (χ1v) is 13.2. The predicted molar refractivity (Wildman–Crippen MR) is 150 cm³/mol. The standard InChI is InChI=1S/C31H33ClN2O4/c1-4-33(5-2)17-18-34-28(23-9-13-25(32)14-10-23)27(30(36)31(34)37)29(35)24-11-15-26(16-12-24)38-20-22-8-6-7-21(3)19-22/h6-16,19,28,35H,4-5,17-18,20H2,1-3H3/b29-27-. The molecule has 1 N–H and O–H groups in total. The van der Waals surface area contributed by atoms with E-state index in [4.69, 9.17) is 16.3 Å². The average molecular weight is 533 g/mol. The Morgan fingerprint density at radius 2 is 1.68 bits per heavy atom. The fourth-order valence-corrected chi connectivity index (χ4v) is 4.85. The van der Waals surface area contributed by atoms with E-state index in [0.29, 0.717) is 41.6 Å². The van der Waals surface area contributed by atoms with Gasteiger partial charge in [-0.05, 0) is 67.5 Å². The third-order valence-corrected chi connectivity index (χ3v) is 7.14. The van der Waals surface area contributed by atoms with E-state index >= 15 is 0 Å². The number of likely N-dealkylation sites (tertiary alicyclic amines) is 1. The van der Waals surface area contributed by atoms with Gasteiger partial charge in [0.1, 0.15) is 18.1 Å². The van der Waals surface area contributed by atoms with Crippen LogP contribution in [0.2, 0.25) is 5.02 Å². The number of rotatable bonds is 10. The summed E-state index contributed by atoms with van der Waals surface area (Å²) in [6.07, 6.45) is 0. The number of aliphatic hydroxyl groups is 1. The Hall–Kier alpha value is -3.61. The third kappa shape index (κ3) is 6.09. The van der Waals surface area contributed by atoms with Crippen molar-refractivity contribution in [3.05, 3.63) is 106 Å². The Morgan fingerprint density at radius 3 is 2.32 bits per heavy atom. The van der Waals surface area contributed by atoms with Crippen LogP contribution in [0.3, 0.4) is 0 Å². The quantitative estimate of drug-likeness (QED) is 0.197. The molecule has 3 aromatic rings. The summed E-state index contributed by atoms with van der Waals surface area (Å²) in [7, 11) is 0. The van der Waals surface area contributed by atoms with Gasteiger partial charge < -0.3 is 19.6 Å². The van der Waals surface area contributed by atoms with Crippen molar-refractivity contribution in [2.75, 3.05) is 26.2 Å². The van der Waals surface area contributed by atoms with Gasteiger partial charge in [-0.1, -0.05) is 67.4 Å². The van der Waals surface area contributed by atoms with E-state index in [1.54, 1.807) is 53.4 Å². The molecule has 0 saturated carbocycles. The number of nitrogens with zero attached hydrogens (tertiary/aromatic N) is 2. The number of Topliss-reactive ketones (excluding diaryl/α,β-unsaturated/α-hetero) is 1. The largest absolute Gasteiger partial charge is 0.507 e. The maximum Gasteiger partial charge on any atom is 0.295 e. The summed E-state index contributed by atoms with van der Waals surface area (Å²) in [5, 5.41) is 11.9. The third-order valence-electron chi connectivity index (χ3n) is 6.89. The highest BCUT2D eigenvalue weighted by atomic mass is 35.5. The molecule has 0 radical (unpaired) electrons. The monoisotopic (exact) mass is 532 g/mol. The van der Waals surface area contributed by atoms with Crippen LogP contribution in [0.5, 0.6) is 5.75 Å². The molecule has 1 amide bonds. The zero-order valence-corrected chi connectivity index (χ0v) is 22.7. The van der Waals surface area contributed by atoms with Crippen molar-refractivity contribution in [1.29, 1.82) is 0 Å². The van der Waals surface area contributed by atoms with Crippen molar-refractivity contribution in [1.82, 2.24) is 9.80 Å². The highest BCUT2D eigenvalue weighted by Gasteiger charge is 2.45. The Kier molecular flexibility index (Phi) is 8.87. The van der Waals surface area contributed by atoms with E-state index in [2.05, 4.69) is 24.8 Å². The molecule has 0 aliphatic carbocycles. The van der Waals surface area contributed by atoms with Crippen LogP contribution >= 0.6 is 11.6 Å². The fourth-order valence-electron chi connectivity index (χ4n) is 4.72. The van der Waals surface area contributed by atoms with Crippen LogP contribution in [0.1, 0.15) is 42.1 Å². The van der Waals surface area contributed by atoms with Crippen molar-refractivity contribution in [2.45, 2.75) is 33.4 Å². The van der Waals surface area contributed by atoms with Crippen LogP contribution < -0.4 is 4.74 Å². The molecule has 1 aliphatic rings. The molecular formula is C31H33ClN2O4. The number of ether oxygens (including phenoxy) is 1. The molecule has 1 heterocycles. The van der Waals surface area contributed by atoms with Gasteiger partial charge in [-0.3, -0.25) is 9.59 Å². The van der Waals surface area contributed by atoms with Crippen molar-refractivity contribution in [2.24, 2.45) is 0 Å². The lowest BCUT2D eigenvalue weighted by atomic mass is 9.95. The van der Waals surface area contributed by atoms with Crippen LogP contribution in [-0.2, 0) is 16.2 Å². The second kappa shape index (κ2) is 12.3. The zero-order chi connectivity index (χ0) is 27.2. The van der Waals surface area contributed by atoms with Crippen LogP contribution in [0.25, 0.3) is 5.76 Å². The molecule has 4 rings (SSSR count). The SMILES string of the molecule is CCN(CC)CCN1C(=O)C(=O)/C(=C(\O)c2ccc(OCc3cccc(C)c3)cc2)C1c1ccc(Cl)cc1. The molecule has 3 aromatic carbocycles. The molecule has 0 spiro atoms. The lowest BCUT2D eigenvalue weighted by Gasteiger charge is -2.28. The Morgan fingerprint density at radius 1 is 1.00 bits per heavy atom. The van der Waals surface area contributed by atoms with Gasteiger partial charge in [-0.2, -0.15) is 0 Å².